The second kappa shape index (κ2) is 14.4. The van der Waals surface area contributed by atoms with Gasteiger partial charge in [0.15, 0.2) is 0 Å². The van der Waals surface area contributed by atoms with Gasteiger partial charge < -0.3 is 30.0 Å². The van der Waals surface area contributed by atoms with Gasteiger partial charge in [-0.2, -0.15) is 4.98 Å². The Balaban J connectivity index is 1.14. The maximum absolute atomic E-state index is 13.5. The zero-order valence-electron chi connectivity index (χ0n) is 27.6. The number of H-pyrrole nitrogens is 1. The number of carbonyl (C=O) groups is 3. The molecule has 256 valence electrons. The number of morpholine rings is 1. The lowest BCUT2D eigenvalue weighted by Gasteiger charge is -2.32. The summed E-state index contributed by atoms with van der Waals surface area (Å²) < 4.78 is 11.3. The third-order valence-corrected chi connectivity index (χ3v) is 8.76. The van der Waals surface area contributed by atoms with Crippen LogP contribution in [0.1, 0.15) is 85.2 Å². The molecule has 0 saturated carbocycles. The van der Waals surface area contributed by atoms with Crippen molar-refractivity contribution in [3.63, 3.8) is 0 Å². The lowest BCUT2D eigenvalue weighted by molar-refractivity contribution is -0.154. The van der Waals surface area contributed by atoms with E-state index in [4.69, 9.17) is 21.1 Å². The number of nitrogens with zero attached hydrogens (tertiary/aromatic N) is 3. The molecule has 13 heteroatoms. The van der Waals surface area contributed by atoms with Crippen molar-refractivity contribution in [3.8, 4) is 0 Å². The third-order valence-electron chi connectivity index (χ3n) is 8.43. The fourth-order valence-corrected chi connectivity index (χ4v) is 6.29. The first-order valence-corrected chi connectivity index (χ1v) is 16.8. The Bertz CT molecular complexity index is 1920. The van der Waals surface area contributed by atoms with Crippen LogP contribution in [0.25, 0.3) is 11.0 Å². The molecule has 2 bridgehead atoms. The molecule has 3 atom stereocenters. The summed E-state index contributed by atoms with van der Waals surface area (Å²) in [4.78, 5) is 65.9. The van der Waals surface area contributed by atoms with Gasteiger partial charge in [-0.05, 0) is 76.3 Å². The highest BCUT2D eigenvalue weighted by molar-refractivity contribution is 6.34. The number of hydrogen-bond donors (Lipinski definition) is 3. The van der Waals surface area contributed by atoms with E-state index in [1.165, 1.54) is 18.2 Å². The number of rotatable bonds is 10. The molecule has 6 rings (SSSR count). The number of fused-ring (bicyclic) bond motifs is 3. The van der Waals surface area contributed by atoms with Crippen LogP contribution in [0.5, 0.6) is 0 Å². The molecule has 0 aliphatic carbocycles. The maximum atomic E-state index is 13.5. The molecule has 49 heavy (non-hydrogen) atoms. The number of amides is 2. The van der Waals surface area contributed by atoms with Crippen molar-refractivity contribution < 1.29 is 23.9 Å². The molecule has 4 heterocycles. The average molecular weight is 687 g/mol. The Labute approximate surface area is 288 Å². The molecule has 2 fully saturated rings. The van der Waals surface area contributed by atoms with E-state index < -0.39 is 23.0 Å². The number of hydrogen-bond acceptors (Lipinski definition) is 9. The molecule has 2 aromatic carbocycles. The van der Waals surface area contributed by atoms with Gasteiger partial charge in [0.25, 0.3) is 17.4 Å². The molecule has 2 aromatic heterocycles. The van der Waals surface area contributed by atoms with Crippen LogP contribution in [-0.2, 0) is 14.3 Å². The number of benzene rings is 2. The Morgan fingerprint density at radius 2 is 1.80 bits per heavy atom. The first kappa shape index (κ1) is 34.1. The normalized spacial score (nSPS) is 17.8. The summed E-state index contributed by atoms with van der Waals surface area (Å²) in [5.74, 6) is -0.908. The molecule has 0 spiro atoms. The topological polar surface area (TPSA) is 156 Å². The van der Waals surface area contributed by atoms with Gasteiger partial charge in [-0.1, -0.05) is 41.9 Å². The van der Waals surface area contributed by atoms with Gasteiger partial charge in [0.05, 0.1) is 29.0 Å². The maximum Gasteiger partial charge on any atom is 0.306 e. The van der Waals surface area contributed by atoms with Crippen LogP contribution >= 0.6 is 11.6 Å². The lowest BCUT2D eigenvalue weighted by Crippen LogP contribution is -2.43. The summed E-state index contributed by atoms with van der Waals surface area (Å²) in [5.41, 5.74) is 0.250. The van der Waals surface area contributed by atoms with Crippen molar-refractivity contribution >= 4 is 52.1 Å². The number of aromatic nitrogens is 3. The number of aromatic amines is 1. The quantitative estimate of drug-likeness (QED) is 0.182. The largest absolute Gasteiger partial charge is 0.460 e. The van der Waals surface area contributed by atoms with Crippen molar-refractivity contribution in [1.29, 1.82) is 0 Å². The van der Waals surface area contributed by atoms with Crippen molar-refractivity contribution in [2.24, 2.45) is 0 Å². The van der Waals surface area contributed by atoms with Crippen LogP contribution in [0.2, 0.25) is 5.02 Å². The Kier molecular flexibility index (Phi) is 9.98. The van der Waals surface area contributed by atoms with Crippen molar-refractivity contribution in [2.75, 3.05) is 23.3 Å². The smallest absolute Gasteiger partial charge is 0.306 e. The molecular weight excluding hydrogens is 648 g/mol. The molecular formula is C36H39ClN6O6. The average Bonchev–Trinajstić information content (AvgIpc) is 3.40. The van der Waals surface area contributed by atoms with E-state index >= 15 is 0 Å². The van der Waals surface area contributed by atoms with Crippen molar-refractivity contribution in [2.45, 2.75) is 76.7 Å². The van der Waals surface area contributed by atoms with E-state index in [0.29, 0.717) is 42.9 Å². The molecule has 2 saturated heterocycles. The Morgan fingerprint density at radius 3 is 2.51 bits per heavy atom. The molecule has 4 aromatic rings. The molecule has 2 amide bonds. The fraction of sp³-hybridized carbons (Fsp3) is 0.389. The number of halogens is 1. The van der Waals surface area contributed by atoms with Crippen LogP contribution in [-0.4, -0.2) is 63.6 Å². The highest BCUT2D eigenvalue weighted by Crippen LogP contribution is 2.29. The van der Waals surface area contributed by atoms with Gasteiger partial charge in [0.1, 0.15) is 16.8 Å². The van der Waals surface area contributed by atoms with Crippen molar-refractivity contribution in [3.05, 3.63) is 92.9 Å². The summed E-state index contributed by atoms with van der Waals surface area (Å²) in [6, 6.07) is 15.0. The summed E-state index contributed by atoms with van der Waals surface area (Å²) in [6.45, 7) is 6.83. The highest BCUT2D eigenvalue weighted by Gasteiger charge is 2.35. The summed E-state index contributed by atoms with van der Waals surface area (Å²) in [5, 5.41) is 6.39. The summed E-state index contributed by atoms with van der Waals surface area (Å²) in [7, 11) is 0. The van der Waals surface area contributed by atoms with Crippen molar-refractivity contribution in [1.82, 2.24) is 20.3 Å². The van der Waals surface area contributed by atoms with E-state index in [0.717, 1.165) is 18.4 Å². The van der Waals surface area contributed by atoms with E-state index in [9.17, 15) is 19.2 Å². The third kappa shape index (κ3) is 8.44. The molecule has 3 N–H and O–H groups in total. The highest BCUT2D eigenvalue weighted by atomic mass is 35.5. The molecule has 2 aliphatic heterocycles. The standard InChI is InChI=1S/C36H39ClN6O6/c1-36(2,3)49-30(44)11-7-10-28(21-8-5-4-6-9-21)39-32(45)22-12-15-27(37)29(17-22)40-33(46)26-16-23-18-38-35(42-31(23)41-34(26)47)43-19-24-13-14-25(20-43)48-24/h4-6,8-9,12,15-18,24-25,28H,7,10-11,13-14,19-20H2,1-3H3,(H,39,45)(H,40,46)(H,38,41,42,47). The Hall–Kier alpha value is -4.81. The number of ether oxygens (including phenoxy) is 2. The number of esters is 1. The predicted octanol–water partition coefficient (Wildman–Crippen LogP) is 5.57. The van der Waals surface area contributed by atoms with Crippen LogP contribution < -0.4 is 21.1 Å². The van der Waals surface area contributed by atoms with Gasteiger partial charge in [0, 0.05) is 36.7 Å². The second-order valence-electron chi connectivity index (χ2n) is 13.4. The number of anilines is 2. The lowest BCUT2D eigenvalue weighted by atomic mass is 10.00. The minimum absolute atomic E-state index is 0.153. The van der Waals surface area contributed by atoms with Crippen LogP contribution in [0.15, 0.2) is 65.6 Å². The molecule has 2 aliphatic rings. The monoisotopic (exact) mass is 686 g/mol. The van der Waals surface area contributed by atoms with Gasteiger partial charge in [-0.25, -0.2) is 4.98 Å². The second-order valence-corrected chi connectivity index (χ2v) is 13.8. The fourth-order valence-electron chi connectivity index (χ4n) is 6.13. The number of nitrogens with one attached hydrogen (secondary N) is 3. The van der Waals surface area contributed by atoms with E-state index in [2.05, 4.69) is 30.5 Å². The Morgan fingerprint density at radius 1 is 1.06 bits per heavy atom. The zero-order chi connectivity index (χ0) is 34.7. The van der Waals surface area contributed by atoms with Gasteiger partial charge >= 0.3 is 5.97 Å². The predicted molar refractivity (Wildman–Crippen MR) is 186 cm³/mol. The van der Waals surface area contributed by atoms with E-state index in [1.54, 1.807) is 12.3 Å². The van der Waals surface area contributed by atoms with E-state index in [-0.39, 0.29) is 52.5 Å². The number of pyridine rings is 1. The van der Waals surface area contributed by atoms with Gasteiger partial charge in [-0.3, -0.25) is 19.2 Å². The first-order valence-electron chi connectivity index (χ1n) is 16.4. The van der Waals surface area contributed by atoms with Gasteiger partial charge in [-0.15, -0.1) is 0 Å². The van der Waals surface area contributed by atoms with Crippen LogP contribution in [0.3, 0.4) is 0 Å². The molecule has 3 unspecified atom stereocenters. The minimum Gasteiger partial charge on any atom is -0.460 e. The summed E-state index contributed by atoms with van der Waals surface area (Å²) in [6.07, 6.45) is 5.11. The van der Waals surface area contributed by atoms with Crippen LogP contribution in [0.4, 0.5) is 11.6 Å². The minimum atomic E-state index is -0.708. The molecule has 12 nitrogen and oxygen atoms in total. The van der Waals surface area contributed by atoms with Crippen LogP contribution in [0, 0.1) is 0 Å². The molecule has 0 radical (unpaired) electrons. The summed E-state index contributed by atoms with van der Waals surface area (Å²) >= 11 is 6.42. The number of carbonyl (C=O) groups excluding carboxylic acids is 3. The first-order chi connectivity index (χ1) is 23.4. The zero-order valence-corrected chi connectivity index (χ0v) is 28.4. The van der Waals surface area contributed by atoms with Gasteiger partial charge in [0.2, 0.25) is 5.95 Å². The SMILES string of the molecule is CC(C)(C)OC(=O)CCCC(NC(=O)c1ccc(Cl)c(NC(=O)c2cc3cnc(N4CC5CCC(C4)O5)nc3[nH]c2=O)c1)c1ccccc1. The van der Waals surface area contributed by atoms with E-state index in [1.807, 2.05) is 51.1 Å².